The molecule has 0 saturated heterocycles. The fourth-order valence-corrected chi connectivity index (χ4v) is 2.67. The van der Waals surface area contributed by atoms with Crippen LogP contribution in [0.15, 0.2) is 36.4 Å². The van der Waals surface area contributed by atoms with Gasteiger partial charge in [-0.15, -0.1) is 11.3 Å². The first-order chi connectivity index (χ1) is 8.25. The van der Waals surface area contributed by atoms with Gasteiger partial charge in [0.2, 0.25) is 0 Å². The van der Waals surface area contributed by atoms with E-state index in [1.165, 1.54) is 11.3 Å². The van der Waals surface area contributed by atoms with E-state index >= 15 is 0 Å². The minimum absolute atomic E-state index is 0.325. The zero-order valence-corrected chi connectivity index (χ0v) is 9.49. The lowest BCUT2D eigenvalue weighted by Gasteiger charge is -1.94. The third kappa shape index (κ3) is 1.60. The molecule has 0 saturated carbocycles. The average molecular weight is 244 g/mol. The van der Waals surface area contributed by atoms with Gasteiger partial charge in [0, 0.05) is 5.56 Å². The molecule has 0 atom stereocenters. The summed E-state index contributed by atoms with van der Waals surface area (Å²) in [5.41, 5.74) is 2.56. The zero-order valence-electron chi connectivity index (χ0n) is 8.68. The lowest BCUT2D eigenvalue weighted by Crippen LogP contribution is -1.90. The van der Waals surface area contributed by atoms with E-state index < -0.39 is 5.97 Å². The lowest BCUT2D eigenvalue weighted by molar-refractivity contribution is 0.0702. The molecule has 84 valence electrons. The highest BCUT2D eigenvalue weighted by Gasteiger charge is 2.14. The van der Waals surface area contributed by atoms with Gasteiger partial charge in [0.1, 0.15) is 10.6 Å². The summed E-state index contributed by atoms with van der Waals surface area (Å²) in [7, 11) is 0. The number of carboxylic acid groups (broad SMARTS) is 1. The lowest BCUT2D eigenvalue weighted by atomic mass is 10.1. The van der Waals surface area contributed by atoms with E-state index in [0.29, 0.717) is 4.88 Å². The van der Waals surface area contributed by atoms with Gasteiger partial charge in [0.05, 0.1) is 10.2 Å². The van der Waals surface area contributed by atoms with Crippen molar-refractivity contribution in [2.45, 2.75) is 0 Å². The van der Waals surface area contributed by atoms with Gasteiger partial charge in [-0.3, -0.25) is 5.10 Å². The van der Waals surface area contributed by atoms with E-state index in [2.05, 4.69) is 10.2 Å². The molecular weight excluding hydrogens is 236 g/mol. The van der Waals surface area contributed by atoms with Crippen LogP contribution in [0.4, 0.5) is 0 Å². The molecule has 3 rings (SSSR count). The molecular formula is C12H8N2O2S. The number of nitrogens with one attached hydrogen (secondary N) is 1. The highest BCUT2D eigenvalue weighted by atomic mass is 32.1. The van der Waals surface area contributed by atoms with Crippen LogP contribution in [0.5, 0.6) is 0 Å². The van der Waals surface area contributed by atoms with Gasteiger partial charge in [-0.1, -0.05) is 30.3 Å². The van der Waals surface area contributed by atoms with Crippen LogP contribution in [0, 0.1) is 0 Å². The van der Waals surface area contributed by atoms with Crippen molar-refractivity contribution in [2.24, 2.45) is 0 Å². The first-order valence-electron chi connectivity index (χ1n) is 5.02. The number of aromatic nitrogens is 2. The van der Waals surface area contributed by atoms with Gasteiger partial charge < -0.3 is 5.11 Å². The number of hydrogen-bond donors (Lipinski definition) is 2. The van der Waals surface area contributed by atoms with Crippen molar-refractivity contribution in [2.75, 3.05) is 0 Å². The molecule has 5 heteroatoms. The Kier molecular flexibility index (Phi) is 2.19. The van der Waals surface area contributed by atoms with Crippen molar-refractivity contribution in [3.63, 3.8) is 0 Å². The number of fused-ring (bicyclic) bond motifs is 1. The number of aromatic carboxylic acids is 1. The molecule has 3 aromatic rings. The third-order valence-electron chi connectivity index (χ3n) is 2.49. The van der Waals surface area contributed by atoms with Crippen LogP contribution < -0.4 is 0 Å². The summed E-state index contributed by atoms with van der Waals surface area (Å²) in [6, 6.07) is 11.3. The normalized spacial score (nSPS) is 10.8. The number of benzene rings is 1. The summed E-state index contributed by atoms with van der Waals surface area (Å²) >= 11 is 1.24. The molecule has 0 radical (unpaired) electrons. The van der Waals surface area contributed by atoms with Crippen LogP contribution >= 0.6 is 11.3 Å². The molecule has 0 aliphatic heterocycles. The minimum atomic E-state index is -0.904. The Hall–Kier alpha value is -2.14. The highest BCUT2D eigenvalue weighted by Crippen LogP contribution is 2.32. The first-order valence-corrected chi connectivity index (χ1v) is 5.84. The molecule has 0 unspecified atom stereocenters. The maximum atomic E-state index is 10.9. The van der Waals surface area contributed by atoms with Crippen molar-refractivity contribution < 1.29 is 9.90 Å². The molecule has 0 spiro atoms. The van der Waals surface area contributed by atoms with Crippen molar-refractivity contribution in [1.29, 1.82) is 0 Å². The van der Waals surface area contributed by atoms with Gasteiger partial charge >= 0.3 is 5.97 Å². The van der Waals surface area contributed by atoms with Crippen molar-refractivity contribution in [3.8, 4) is 11.3 Å². The van der Waals surface area contributed by atoms with Gasteiger partial charge in [-0.05, 0) is 6.07 Å². The summed E-state index contributed by atoms with van der Waals surface area (Å²) in [6.07, 6.45) is 0. The largest absolute Gasteiger partial charge is 0.477 e. The molecule has 0 aliphatic carbocycles. The van der Waals surface area contributed by atoms with E-state index in [1.807, 2.05) is 30.3 Å². The Labute approximate surface area is 101 Å². The molecule has 0 aliphatic rings. The number of nitrogens with zero attached hydrogens (tertiary/aromatic N) is 1. The molecule has 2 N–H and O–H groups in total. The zero-order chi connectivity index (χ0) is 11.8. The predicted molar refractivity (Wildman–Crippen MR) is 66.4 cm³/mol. The number of carbonyl (C=O) groups is 1. The van der Waals surface area contributed by atoms with Crippen LogP contribution in [0.25, 0.3) is 21.5 Å². The topological polar surface area (TPSA) is 66.0 Å². The smallest absolute Gasteiger partial charge is 0.345 e. The maximum absolute atomic E-state index is 10.9. The Morgan fingerprint density at radius 2 is 2.06 bits per heavy atom. The van der Waals surface area contributed by atoms with E-state index in [9.17, 15) is 4.79 Å². The SMILES string of the molecule is O=C(O)c1cc2[nH]nc(-c3ccccc3)c2s1. The second-order valence-electron chi connectivity index (χ2n) is 3.60. The molecule has 2 aromatic heterocycles. The van der Waals surface area contributed by atoms with Crippen LogP contribution in [0.3, 0.4) is 0 Å². The standard InChI is InChI=1S/C12H8N2O2S/c15-12(16)9-6-8-11(17-9)10(14-13-8)7-4-2-1-3-5-7/h1-6H,(H,13,14)(H,15,16). The van der Waals surface area contributed by atoms with Gasteiger partial charge in [-0.2, -0.15) is 5.10 Å². The van der Waals surface area contributed by atoms with Crippen LogP contribution in [0.1, 0.15) is 9.67 Å². The van der Waals surface area contributed by atoms with Crippen LogP contribution in [-0.2, 0) is 0 Å². The number of hydrogen-bond acceptors (Lipinski definition) is 3. The number of carboxylic acids is 1. The first kappa shape index (κ1) is 10.0. The summed E-state index contributed by atoms with van der Waals surface area (Å²) in [5.74, 6) is -0.904. The molecule has 0 bridgehead atoms. The second-order valence-corrected chi connectivity index (χ2v) is 4.65. The van der Waals surface area contributed by atoms with Crippen molar-refractivity contribution >= 4 is 27.5 Å². The second kappa shape index (κ2) is 3.71. The molecule has 1 aromatic carbocycles. The van der Waals surface area contributed by atoms with E-state index in [-0.39, 0.29) is 0 Å². The number of aromatic amines is 1. The quantitative estimate of drug-likeness (QED) is 0.728. The van der Waals surface area contributed by atoms with Crippen LogP contribution in [0.2, 0.25) is 0 Å². The van der Waals surface area contributed by atoms with Gasteiger partial charge in [-0.25, -0.2) is 4.79 Å². The molecule has 17 heavy (non-hydrogen) atoms. The average Bonchev–Trinajstić information content (AvgIpc) is 2.89. The number of thiophene rings is 1. The minimum Gasteiger partial charge on any atom is -0.477 e. The predicted octanol–water partition coefficient (Wildman–Crippen LogP) is 2.99. The number of rotatable bonds is 2. The Morgan fingerprint density at radius 3 is 2.76 bits per heavy atom. The van der Waals surface area contributed by atoms with Crippen molar-refractivity contribution in [3.05, 3.63) is 41.3 Å². The Morgan fingerprint density at radius 1 is 1.29 bits per heavy atom. The Bertz CT molecular complexity index is 685. The highest BCUT2D eigenvalue weighted by molar-refractivity contribution is 7.21. The summed E-state index contributed by atoms with van der Waals surface area (Å²) in [5, 5.41) is 16.0. The molecule has 4 nitrogen and oxygen atoms in total. The van der Waals surface area contributed by atoms with Gasteiger partial charge in [0.15, 0.2) is 0 Å². The van der Waals surface area contributed by atoms with E-state index in [4.69, 9.17) is 5.11 Å². The van der Waals surface area contributed by atoms with Crippen LogP contribution in [-0.4, -0.2) is 21.3 Å². The monoisotopic (exact) mass is 244 g/mol. The molecule has 2 heterocycles. The summed E-state index contributed by atoms with van der Waals surface area (Å²) in [6.45, 7) is 0. The third-order valence-corrected chi connectivity index (χ3v) is 3.62. The summed E-state index contributed by atoms with van der Waals surface area (Å²) in [4.78, 5) is 11.2. The number of H-pyrrole nitrogens is 1. The maximum Gasteiger partial charge on any atom is 0.345 e. The molecule has 0 amide bonds. The molecule has 0 fully saturated rings. The van der Waals surface area contributed by atoms with Gasteiger partial charge in [0.25, 0.3) is 0 Å². The fourth-order valence-electron chi connectivity index (χ4n) is 1.71. The summed E-state index contributed by atoms with van der Waals surface area (Å²) < 4.78 is 0.883. The van der Waals surface area contributed by atoms with Crippen molar-refractivity contribution in [1.82, 2.24) is 10.2 Å². The van der Waals surface area contributed by atoms with E-state index in [0.717, 1.165) is 21.5 Å². The fraction of sp³-hybridized carbons (Fsp3) is 0. The van der Waals surface area contributed by atoms with E-state index in [1.54, 1.807) is 6.07 Å². The Balaban J connectivity index is 2.21.